The first-order valence-corrected chi connectivity index (χ1v) is 8.18. The number of nitrogens with zero attached hydrogens (tertiary/aromatic N) is 3. The molecule has 1 N–H and O–H groups in total. The first-order chi connectivity index (χ1) is 11.0. The Morgan fingerprint density at radius 2 is 1.96 bits per heavy atom. The van der Waals surface area contributed by atoms with Gasteiger partial charge in [0, 0.05) is 23.7 Å². The Hall–Kier alpha value is -2.47. The van der Waals surface area contributed by atoms with E-state index < -0.39 is 0 Å². The third-order valence-corrected chi connectivity index (χ3v) is 4.58. The molecular formula is C17H18N4OS. The number of hydrogen-bond acceptors (Lipinski definition) is 4. The molecule has 0 unspecified atom stereocenters. The van der Waals surface area contributed by atoms with Gasteiger partial charge in [0.15, 0.2) is 0 Å². The van der Waals surface area contributed by atoms with Crippen molar-refractivity contribution in [1.82, 2.24) is 14.8 Å². The molecule has 0 bridgehead atoms. The summed E-state index contributed by atoms with van der Waals surface area (Å²) in [5.74, 6) is -0.146. The van der Waals surface area contributed by atoms with Crippen molar-refractivity contribution in [1.29, 1.82) is 0 Å². The Balaban J connectivity index is 1.96. The second-order valence-corrected chi connectivity index (χ2v) is 6.48. The van der Waals surface area contributed by atoms with Crippen LogP contribution in [0.1, 0.15) is 26.8 Å². The van der Waals surface area contributed by atoms with Crippen LogP contribution in [-0.2, 0) is 7.05 Å². The molecule has 0 fully saturated rings. The number of thiazole rings is 1. The first kappa shape index (κ1) is 15.4. The SMILES string of the molecule is Cc1nc(-c2ccccc2NC(=O)c2c(C)nn(C)c2C)cs1. The highest BCUT2D eigenvalue weighted by Gasteiger charge is 2.19. The topological polar surface area (TPSA) is 59.8 Å². The lowest BCUT2D eigenvalue weighted by Crippen LogP contribution is -2.14. The maximum Gasteiger partial charge on any atom is 0.259 e. The summed E-state index contributed by atoms with van der Waals surface area (Å²) >= 11 is 1.59. The predicted molar refractivity (Wildman–Crippen MR) is 92.9 cm³/mol. The van der Waals surface area contributed by atoms with Crippen LogP contribution in [0.25, 0.3) is 11.3 Å². The minimum Gasteiger partial charge on any atom is -0.321 e. The van der Waals surface area contributed by atoms with Crippen molar-refractivity contribution in [3.63, 3.8) is 0 Å². The van der Waals surface area contributed by atoms with Gasteiger partial charge in [0.05, 0.1) is 27.6 Å². The molecule has 0 saturated carbocycles. The molecule has 1 aromatic carbocycles. The zero-order valence-electron chi connectivity index (χ0n) is 13.5. The summed E-state index contributed by atoms with van der Waals surface area (Å²) < 4.78 is 1.72. The summed E-state index contributed by atoms with van der Waals surface area (Å²) in [6.45, 7) is 5.71. The van der Waals surface area contributed by atoms with Crippen LogP contribution in [0.4, 0.5) is 5.69 Å². The summed E-state index contributed by atoms with van der Waals surface area (Å²) in [6, 6.07) is 7.71. The Morgan fingerprint density at radius 1 is 1.22 bits per heavy atom. The second-order valence-electron chi connectivity index (χ2n) is 5.42. The van der Waals surface area contributed by atoms with E-state index in [1.54, 1.807) is 16.0 Å². The van der Waals surface area contributed by atoms with Crippen molar-refractivity contribution in [3.05, 3.63) is 51.6 Å². The largest absolute Gasteiger partial charge is 0.321 e. The van der Waals surface area contributed by atoms with Crippen molar-refractivity contribution in [2.24, 2.45) is 7.05 Å². The van der Waals surface area contributed by atoms with Gasteiger partial charge in [-0.3, -0.25) is 9.48 Å². The smallest absolute Gasteiger partial charge is 0.259 e. The second kappa shape index (κ2) is 5.96. The normalized spacial score (nSPS) is 10.8. The van der Waals surface area contributed by atoms with Gasteiger partial charge in [-0.2, -0.15) is 5.10 Å². The molecule has 2 heterocycles. The third-order valence-electron chi connectivity index (χ3n) is 3.81. The minimum absolute atomic E-state index is 0.146. The number of aromatic nitrogens is 3. The van der Waals surface area contributed by atoms with E-state index in [1.165, 1.54) is 0 Å². The number of aryl methyl sites for hydroxylation is 3. The molecule has 0 radical (unpaired) electrons. The fraction of sp³-hybridized carbons (Fsp3) is 0.235. The van der Waals surface area contributed by atoms with Crippen LogP contribution in [0.15, 0.2) is 29.6 Å². The lowest BCUT2D eigenvalue weighted by molar-refractivity contribution is 0.102. The fourth-order valence-electron chi connectivity index (χ4n) is 2.59. The van der Waals surface area contributed by atoms with Gasteiger partial charge in [0.1, 0.15) is 0 Å². The van der Waals surface area contributed by atoms with Gasteiger partial charge in [-0.1, -0.05) is 18.2 Å². The van der Waals surface area contributed by atoms with E-state index in [9.17, 15) is 4.79 Å². The van der Waals surface area contributed by atoms with Gasteiger partial charge >= 0.3 is 0 Å². The number of carbonyl (C=O) groups excluding carboxylic acids is 1. The number of benzene rings is 1. The van der Waals surface area contributed by atoms with Gasteiger partial charge in [-0.05, 0) is 26.8 Å². The van der Waals surface area contributed by atoms with E-state index >= 15 is 0 Å². The molecule has 118 valence electrons. The number of carbonyl (C=O) groups is 1. The van der Waals surface area contributed by atoms with Crippen molar-refractivity contribution < 1.29 is 4.79 Å². The molecular weight excluding hydrogens is 308 g/mol. The molecule has 0 atom stereocenters. The summed E-state index contributed by atoms with van der Waals surface area (Å²) in [4.78, 5) is 17.2. The highest BCUT2D eigenvalue weighted by atomic mass is 32.1. The van der Waals surface area contributed by atoms with Crippen LogP contribution < -0.4 is 5.32 Å². The van der Waals surface area contributed by atoms with E-state index in [1.807, 2.05) is 57.5 Å². The number of anilines is 1. The minimum atomic E-state index is -0.146. The fourth-order valence-corrected chi connectivity index (χ4v) is 3.20. The van der Waals surface area contributed by atoms with Crippen molar-refractivity contribution in [2.45, 2.75) is 20.8 Å². The predicted octanol–water partition coefficient (Wildman–Crippen LogP) is 3.72. The van der Waals surface area contributed by atoms with E-state index in [0.717, 1.165) is 33.3 Å². The van der Waals surface area contributed by atoms with Crippen LogP contribution in [0.2, 0.25) is 0 Å². The number of rotatable bonds is 3. The number of hydrogen-bond donors (Lipinski definition) is 1. The van der Waals surface area contributed by atoms with Crippen LogP contribution in [0.5, 0.6) is 0 Å². The number of para-hydroxylation sites is 1. The van der Waals surface area contributed by atoms with Gasteiger partial charge in [-0.25, -0.2) is 4.98 Å². The van der Waals surface area contributed by atoms with Crippen molar-refractivity contribution in [3.8, 4) is 11.3 Å². The first-order valence-electron chi connectivity index (χ1n) is 7.30. The summed E-state index contributed by atoms with van der Waals surface area (Å²) in [7, 11) is 1.84. The highest BCUT2D eigenvalue weighted by molar-refractivity contribution is 7.09. The molecule has 3 rings (SSSR count). The maximum absolute atomic E-state index is 12.7. The molecule has 2 aromatic heterocycles. The van der Waals surface area contributed by atoms with Gasteiger partial charge in [-0.15, -0.1) is 11.3 Å². The van der Waals surface area contributed by atoms with E-state index in [0.29, 0.717) is 5.56 Å². The molecule has 0 spiro atoms. The zero-order valence-corrected chi connectivity index (χ0v) is 14.4. The standard InChI is InChI=1S/C17H18N4OS/c1-10-16(11(2)21(4)20-10)17(22)19-14-8-6-5-7-13(14)15-9-23-12(3)18-15/h5-9H,1-4H3,(H,19,22). The molecule has 1 amide bonds. The Labute approximate surface area is 139 Å². The van der Waals surface area contributed by atoms with E-state index in [4.69, 9.17) is 0 Å². The quantitative estimate of drug-likeness (QED) is 0.798. The van der Waals surface area contributed by atoms with Crippen molar-refractivity contribution >= 4 is 22.9 Å². The molecule has 23 heavy (non-hydrogen) atoms. The summed E-state index contributed by atoms with van der Waals surface area (Å²) in [5, 5.41) is 10.3. The van der Waals surface area contributed by atoms with Crippen LogP contribution in [0, 0.1) is 20.8 Å². The lowest BCUT2D eigenvalue weighted by Gasteiger charge is -2.10. The molecule has 0 aliphatic carbocycles. The molecule has 5 nitrogen and oxygen atoms in total. The summed E-state index contributed by atoms with van der Waals surface area (Å²) in [5.41, 5.74) is 4.75. The third kappa shape index (κ3) is 2.90. The lowest BCUT2D eigenvalue weighted by atomic mass is 10.1. The molecule has 0 aliphatic heterocycles. The zero-order chi connectivity index (χ0) is 16.6. The Morgan fingerprint density at radius 3 is 2.57 bits per heavy atom. The maximum atomic E-state index is 12.7. The van der Waals surface area contributed by atoms with Gasteiger partial charge < -0.3 is 5.32 Å². The van der Waals surface area contributed by atoms with Crippen LogP contribution in [-0.4, -0.2) is 20.7 Å². The van der Waals surface area contributed by atoms with Gasteiger partial charge in [0.25, 0.3) is 5.91 Å². The van der Waals surface area contributed by atoms with E-state index in [-0.39, 0.29) is 5.91 Å². The number of nitrogens with one attached hydrogen (secondary N) is 1. The number of amides is 1. The molecule has 0 aliphatic rings. The molecule has 6 heteroatoms. The van der Waals surface area contributed by atoms with Gasteiger partial charge in [0.2, 0.25) is 0 Å². The summed E-state index contributed by atoms with van der Waals surface area (Å²) in [6.07, 6.45) is 0. The Kier molecular flexibility index (Phi) is 4.00. The molecule has 3 aromatic rings. The Bertz CT molecular complexity index is 879. The van der Waals surface area contributed by atoms with Crippen molar-refractivity contribution in [2.75, 3.05) is 5.32 Å². The monoisotopic (exact) mass is 326 g/mol. The van der Waals surface area contributed by atoms with Crippen LogP contribution in [0.3, 0.4) is 0 Å². The average molecular weight is 326 g/mol. The molecule has 0 saturated heterocycles. The van der Waals surface area contributed by atoms with Crippen LogP contribution >= 0.6 is 11.3 Å². The van der Waals surface area contributed by atoms with E-state index in [2.05, 4.69) is 15.4 Å². The highest BCUT2D eigenvalue weighted by Crippen LogP contribution is 2.29. The average Bonchev–Trinajstić information content (AvgIpc) is 3.04.